The molecule has 0 bridgehead atoms. The van der Waals surface area contributed by atoms with Crippen molar-refractivity contribution in [2.24, 2.45) is 10.7 Å². The number of amidine groups is 1. The minimum atomic E-state index is -0.163. The molecule has 4 heteroatoms. The van der Waals surface area contributed by atoms with Gasteiger partial charge in [0.15, 0.2) is 5.17 Å². The molecule has 0 aromatic heterocycles. The van der Waals surface area contributed by atoms with E-state index in [2.05, 4.69) is 41.5 Å². The number of allylic oxidation sites excluding steroid dienone is 3. The second-order valence-electron chi connectivity index (χ2n) is 4.47. The van der Waals surface area contributed by atoms with Gasteiger partial charge in [0, 0.05) is 18.5 Å². The maximum absolute atomic E-state index is 5.86. The minimum Gasteiger partial charge on any atom is -0.388 e. The largest absolute Gasteiger partial charge is 0.388 e. The lowest BCUT2D eigenvalue weighted by atomic mass is 9.88. The third kappa shape index (κ3) is 2.75. The monoisotopic (exact) mass is 249 g/mol. The van der Waals surface area contributed by atoms with Gasteiger partial charge in [-0.25, -0.2) is 0 Å². The molecule has 0 spiro atoms. The van der Waals surface area contributed by atoms with E-state index in [-0.39, 0.29) is 5.54 Å². The Labute approximate surface area is 107 Å². The molecule has 1 atom stereocenters. The van der Waals surface area contributed by atoms with Crippen LogP contribution in [0.15, 0.2) is 40.6 Å². The molecule has 92 valence electrons. The number of likely N-dealkylation sites (N-methyl/N-ethyl adjacent to an activating group) is 1. The van der Waals surface area contributed by atoms with Crippen molar-refractivity contribution in [2.75, 3.05) is 12.8 Å². The van der Waals surface area contributed by atoms with Crippen LogP contribution in [-0.4, -0.2) is 23.5 Å². The molecule has 2 aliphatic rings. The first-order chi connectivity index (χ1) is 8.14. The molecule has 1 heterocycles. The van der Waals surface area contributed by atoms with Crippen LogP contribution in [0.25, 0.3) is 0 Å². The van der Waals surface area contributed by atoms with Gasteiger partial charge in [0.1, 0.15) is 0 Å². The molecule has 17 heavy (non-hydrogen) atoms. The van der Waals surface area contributed by atoms with Gasteiger partial charge in [-0.05, 0) is 37.5 Å². The van der Waals surface area contributed by atoms with E-state index in [1.54, 1.807) is 11.8 Å². The highest BCUT2D eigenvalue weighted by Crippen LogP contribution is 2.34. The maximum Gasteiger partial charge on any atom is 0.154 e. The standard InChI is InChI=1S/C13H19N3S/c1-13(7-8-17-12(14)16-13)10-5-3-4-6-11(9-10)15-2/h4-6,9,15H,3,7-8H2,1-2H3,(H2,14,16). The molecule has 0 aromatic rings. The molecular weight excluding hydrogens is 230 g/mol. The summed E-state index contributed by atoms with van der Waals surface area (Å²) in [6, 6.07) is 0. The van der Waals surface area contributed by atoms with Crippen molar-refractivity contribution in [3.63, 3.8) is 0 Å². The molecule has 0 saturated heterocycles. The molecular formula is C13H19N3S. The normalized spacial score (nSPS) is 28.9. The molecule has 2 rings (SSSR count). The summed E-state index contributed by atoms with van der Waals surface area (Å²) in [6.45, 7) is 2.17. The van der Waals surface area contributed by atoms with Gasteiger partial charge in [-0.3, -0.25) is 4.99 Å². The molecule has 0 saturated carbocycles. The lowest BCUT2D eigenvalue weighted by Gasteiger charge is -2.30. The fourth-order valence-electron chi connectivity index (χ4n) is 2.09. The average Bonchev–Trinajstić information content (AvgIpc) is 2.54. The predicted molar refractivity (Wildman–Crippen MR) is 76.1 cm³/mol. The predicted octanol–water partition coefficient (Wildman–Crippen LogP) is 2.19. The van der Waals surface area contributed by atoms with Crippen molar-refractivity contribution in [2.45, 2.75) is 25.3 Å². The fourth-order valence-corrected chi connectivity index (χ4v) is 3.06. The lowest BCUT2D eigenvalue weighted by molar-refractivity contribution is 0.544. The molecule has 3 nitrogen and oxygen atoms in total. The summed E-state index contributed by atoms with van der Waals surface area (Å²) >= 11 is 1.64. The summed E-state index contributed by atoms with van der Waals surface area (Å²) < 4.78 is 0. The molecule has 3 N–H and O–H groups in total. The van der Waals surface area contributed by atoms with Crippen molar-refractivity contribution in [3.8, 4) is 0 Å². The van der Waals surface area contributed by atoms with Crippen LogP contribution in [0.3, 0.4) is 0 Å². The number of aliphatic imine (C=N–C) groups is 1. The average molecular weight is 249 g/mol. The van der Waals surface area contributed by atoms with Gasteiger partial charge >= 0.3 is 0 Å². The van der Waals surface area contributed by atoms with E-state index in [1.807, 2.05) is 7.05 Å². The van der Waals surface area contributed by atoms with E-state index in [0.29, 0.717) is 5.17 Å². The van der Waals surface area contributed by atoms with Crippen molar-refractivity contribution in [1.82, 2.24) is 5.32 Å². The van der Waals surface area contributed by atoms with Crippen molar-refractivity contribution in [3.05, 3.63) is 35.6 Å². The lowest BCUT2D eigenvalue weighted by Crippen LogP contribution is -2.32. The fraction of sp³-hybridized carbons (Fsp3) is 0.462. The van der Waals surface area contributed by atoms with Crippen LogP contribution in [0.5, 0.6) is 0 Å². The second kappa shape index (κ2) is 5.00. The Kier molecular flexibility index (Phi) is 3.62. The zero-order chi connectivity index (χ0) is 12.3. The number of hydrogen-bond acceptors (Lipinski definition) is 4. The molecule has 0 radical (unpaired) electrons. The first kappa shape index (κ1) is 12.3. The first-order valence-corrected chi connectivity index (χ1v) is 6.87. The summed E-state index contributed by atoms with van der Waals surface area (Å²) in [5, 5.41) is 3.89. The Morgan fingerprint density at radius 3 is 3.06 bits per heavy atom. The van der Waals surface area contributed by atoms with Crippen molar-refractivity contribution in [1.29, 1.82) is 0 Å². The Bertz CT molecular complexity index is 420. The van der Waals surface area contributed by atoms with Crippen LogP contribution < -0.4 is 11.1 Å². The molecule has 1 aliphatic heterocycles. The van der Waals surface area contributed by atoms with Gasteiger partial charge < -0.3 is 11.1 Å². The van der Waals surface area contributed by atoms with Gasteiger partial charge in [0.05, 0.1) is 5.54 Å². The Morgan fingerprint density at radius 1 is 1.53 bits per heavy atom. The smallest absolute Gasteiger partial charge is 0.154 e. The number of nitrogens with zero attached hydrogens (tertiary/aromatic N) is 1. The van der Waals surface area contributed by atoms with Crippen LogP contribution in [0.4, 0.5) is 0 Å². The maximum atomic E-state index is 5.86. The molecule has 1 aliphatic carbocycles. The van der Waals surface area contributed by atoms with Gasteiger partial charge in [-0.15, -0.1) is 0 Å². The van der Waals surface area contributed by atoms with E-state index < -0.39 is 0 Å². The third-order valence-corrected chi connectivity index (χ3v) is 3.98. The topological polar surface area (TPSA) is 50.4 Å². The van der Waals surface area contributed by atoms with Crippen LogP contribution >= 0.6 is 11.8 Å². The summed E-state index contributed by atoms with van der Waals surface area (Å²) in [4.78, 5) is 4.64. The van der Waals surface area contributed by atoms with E-state index in [1.165, 1.54) is 5.57 Å². The van der Waals surface area contributed by atoms with E-state index >= 15 is 0 Å². The summed E-state index contributed by atoms with van der Waals surface area (Å²) in [6.07, 6.45) is 10.7. The number of hydrogen-bond donors (Lipinski definition) is 2. The zero-order valence-corrected chi connectivity index (χ0v) is 11.2. The van der Waals surface area contributed by atoms with Gasteiger partial charge in [-0.1, -0.05) is 23.9 Å². The number of rotatable bonds is 2. The highest BCUT2D eigenvalue weighted by atomic mass is 32.2. The van der Waals surface area contributed by atoms with Crippen LogP contribution in [0.2, 0.25) is 0 Å². The highest BCUT2D eigenvalue weighted by Gasteiger charge is 2.30. The molecule has 0 aromatic carbocycles. The first-order valence-electron chi connectivity index (χ1n) is 5.89. The Morgan fingerprint density at radius 2 is 2.35 bits per heavy atom. The van der Waals surface area contributed by atoms with Crippen LogP contribution in [-0.2, 0) is 0 Å². The molecule has 0 amide bonds. The van der Waals surface area contributed by atoms with Crippen LogP contribution in [0, 0.1) is 0 Å². The van der Waals surface area contributed by atoms with Crippen molar-refractivity contribution >= 4 is 16.9 Å². The molecule has 0 fully saturated rings. The SMILES string of the molecule is CNC1=CC(C2(C)CCSC(N)=N2)=CCC=C1. The van der Waals surface area contributed by atoms with Crippen LogP contribution in [0.1, 0.15) is 19.8 Å². The van der Waals surface area contributed by atoms with E-state index in [0.717, 1.165) is 24.3 Å². The quantitative estimate of drug-likeness (QED) is 0.788. The third-order valence-electron chi connectivity index (χ3n) is 3.19. The van der Waals surface area contributed by atoms with E-state index in [9.17, 15) is 0 Å². The van der Waals surface area contributed by atoms with E-state index in [4.69, 9.17) is 5.73 Å². The highest BCUT2D eigenvalue weighted by molar-refractivity contribution is 8.13. The number of nitrogens with one attached hydrogen (secondary N) is 1. The minimum absolute atomic E-state index is 0.163. The number of thioether (sulfide) groups is 1. The van der Waals surface area contributed by atoms with Crippen molar-refractivity contribution < 1.29 is 0 Å². The molecule has 1 unspecified atom stereocenters. The summed E-state index contributed by atoms with van der Waals surface area (Å²) in [7, 11) is 1.94. The zero-order valence-electron chi connectivity index (χ0n) is 10.4. The second-order valence-corrected chi connectivity index (χ2v) is 5.58. The summed E-state index contributed by atoms with van der Waals surface area (Å²) in [5.41, 5.74) is 8.08. The van der Waals surface area contributed by atoms with Gasteiger partial charge in [-0.2, -0.15) is 0 Å². The van der Waals surface area contributed by atoms with Gasteiger partial charge in [0.25, 0.3) is 0 Å². The Hall–Kier alpha value is -1.16. The number of nitrogens with two attached hydrogens (primary N) is 1. The summed E-state index contributed by atoms with van der Waals surface area (Å²) in [5.74, 6) is 1.04. The Balaban J connectivity index is 2.33. The van der Waals surface area contributed by atoms with Gasteiger partial charge in [0.2, 0.25) is 0 Å².